The van der Waals surface area contributed by atoms with Gasteiger partial charge in [-0.05, 0) is 47.5 Å². The summed E-state index contributed by atoms with van der Waals surface area (Å²) in [4.78, 5) is 35.3. The smallest absolute Gasteiger partial charge is 0.295 e. The first-order valence-electron chi connectivity index (χ1n) is 9.42. The maximum atomic E-state index is 14.2. The first kappa shape index (κ1) is 20.2. The summed E-state index contributed by atoms with van der Waals surface area (Å²) in [6.07, 6.45) is 6.27. The van der Waals surface area contributed by atoms with E-state index in [1.165, 1.54) is 36.5 Å². The summed E-state index contributed by atoms with van der Waals surface area (Å²) < 4.78 is 19.1. The number of methoxy groups -OCH3 is 1. The van der Waals surface area contributed by atoms with Gasteiger partial charge in [-0.25, -0.2) is 4.39 Å². The second kappa shape index (κ2) is 8.35. The fraction of sp³-hybridized carbons (Fsp3) is 0.130. The number of halogens is 1. The van der Waals surface area contributed by atoms with Crippen LogP contribution in [0.4, 0.5) is 4.39 Å². The highest BCUT2D eigenvalue weighted by Crippen LogP contribution is 2.40. The van der Waals surface area contributed by atoms with Crippen molar-refractivity contribution in [2.45, 2.75) is 12.6 Å². The van der Waals surface area contributed by atoms with Crippen LogP contribution in [-0.4, -0.2) is 38.8 Å². The molecule has 156 valence electrons. The summed E-state index contributed by atoms with van der Waals surface area (Å²) in [7, 11) is 1.32. The number of pyridine rings is 2. The molecule has 0 radical (unpaired) electrons. The van der Waals surface area contributed by atoms with Gasteiger partial charge in [0.15, 0.2) is 11.6 Å². The van der Waals surface area contributed by atoms with Crippen molar-refractivity contribution in [3.05, 3.63) is 95.3 Å². The predicted molar refractivity (Wildman–Crippen MR) is 109 cm³/mol. The van der Waals surface area contributed by atoms with E-state index in [1.54, 1.807) is 36.7 Å². The number of hydrogen-bond acceptors (Lipinski definition) is 6. The molecule has 2 aromatic heterocycles. The molecular formula is C23H18FN3O4. The number of likely N-dealkylation sites (tertiary alicyclic amines) is 1. The summed E-state index contributed by atoms with van der Waals surface area (Å²) in [5.74, 6) is -2.77. The van der Waals surface area contributed by atoms with Crippen LogP contribution in [0.3, 0.4) is 0 Å². The second-order valence-electron chi connectivity index (χ2n) is 6.92. The Morgan fingerprint density at radius 2 is 1.90 bits per heavy atom. The van der Waals surface area contributed by atoms with Gasteiger partial charge in [0.2, 0.25) is 0 Å². The van der Waals surface area contributed by atoms with Gasteiger partial charge in [-0.1, -0.05) is 6.07 Å². The number of hydrogen-bond donors (Lipinski definition) is 1. The molecule has 0 spiro atoms. The molecule has 0 aliphatic carbocycles. The van der Waals surface area contributed by atoms with Crippen molar-refractivity contribution in [2.24, 2.45) is 0 Å². The lowest BCUT2D eigenvalue weighted by Crippen LogP contribution is -2.29. The van der Waals surface area contributed by atoms with E-state index in [0.29, 0.717) is 5.56 Å². The van der Waals surface area contributed by atoms with Crippen molar-refractivity contribution < 1.29 is 23.8 Å². The Hall–Kier alpha value is -4.07. The molecule has 1 amide bonds. The van der Waals surface area contributed by atoms with Crippen LogP contribution in [0.25, 0.3) is 5.76 Å². The van der Waals surface area contributed by atoms with E-state index >= 15 is 0 Å². The largest absolute Gasteiger partial charge is 0.507 e. The van der Waals surface area contributed by atoms with Crippen molar-refractivity contribution in [3.63, 3.8) is 0 Å². The molecule has 1 aliphatic rings. The lowest BCUT2D eigenvalue weighted by atomic mass is 9.95. The van der Waals surface area contributed by atoms with Gasteiger partial charge >= 0.3 is 0 Å². The van der Waals surface area contributed by atoms with E-state index in [1.807, 2.05) is 0 Å². The van der Waals surface area contributed by atoms with Gasteiger partial charge in [0.1, 0.15) is 5.76 Å². The monoisotopic (exact) mass is 419 g/mol. The van der Waals surface area contributed by atoms with Crippen LogP contribution in [-0.2, 0) is 16.1 Å². The number of aliphatic hydroxyl groups is 1. The summed E-state index contributed by atoms with van der Waals surface area (Å²) in [6, 6.07) is 9.80. The van der Waals surface area contributed by atoms with E-state index in [0.717, 1.165) is 11.6 Å². The molecule has 1 atom stereocenters. The predicted octanol–water partition coefficient (Wildman–Crippen LogP) is 3.25. The van der Waals surface area contributed by atoms with Gasteiger partial charge in [0, 0.05) is 36.9 Å². The van der Waals surface area contributed by atoms with Gasteiger partial charge in [-0.15, -0.1) is 0 Å². The number of rotatable bonds is 5. The third-order valence-corrected chi connectivity index (χ3v) is 5.06. The van der Waals surface area contributed by atoms with E-state index < -0.39 is 29.3 Å². The number of aliphatic hydroxyl groups excluding tert-OH is 1. The molecule has 0 unspecified atom stereocenters. The minimum atomic E-state index is -0.867. The number of ether oxygens (including phenoxy) is 1. The molecule has 0 bridgehead atoms. The highest BCUT2D eigenvalue weighted by molar-refractivity contribution is 6.46. The zero-order valence-electron chi connectivity index (χ0n) is 16.5. The highest BCUT2D eigenvalue weighted by Gasteiger charge is 2.46. The molecule has 3 heterocycles. The molecule has 1 aromatic carbocycles. The third kappa shape index (κ3) is 3.75. The van der Waals surface area contributed by atoms with Crippen molar-refractivity contribution in [1.82, 2.24) is 14.9 Å². The SMILES string of the molecule is COc1ccc(C(O)=C2C(=O)C(=O)N(Cc3cccnc3)[C@H]2c2ccncc2)cc1F. The van der Waals surface area contributed by atoms with Gasteiger partial charge in [0.25, 0.3) is 11.7 Å². The van der Waals surface area contributed by atoms with Crippen molar-refractivity contribution in [3.8, 4) is 5.75 Å². The van der Waals surface area contributed by atoms with Crippen LogP contribution in [0.5, 0.6) is 5.75 Å². The van der Waals surface area contributed by atoms with Crippen LogP contribution in [0.15, 0.2) is 72.8 Å². The Bertz CT molecular complexity index is 1170. The Morgan fingerprint density at radius 1 is 1.13 bits per heavy atom. The molecular weight excluding hydrogens is 401 g/mol. The Morgan fingerprint density at radius 3 is 2.55 bits per heavy atom. The maximum Gasteiger partial charge on any atom is 0.295 e. The molecule has 1 aliphatic heterocycles. The normalized spacial score (nSPS) is 17.7. The van der Waals surface area contributed by atoms with Gasteiger partial charge in [-0.3, -0.25) is 19.6 Å². The first-order chi connectivity index (χ1) is 15.0. The van der Waals surface area contributed by atoms with E-state index in [2.05, 4.69) is 9.97 Å². The Labute approximate surface area is 177 Å². The summed E-state index contributed by atoms with van der Waals surface area (Å²) in [5, 5.41) is 11.0. The van der Waals surface area contributed by atoms with Crippen LogP contribution in [0, 0.1) is 5.82 Å². The van der Waals surface area contributed by atoms with Crippen molar-refractivity contribution >= 4 is 17.4 Å². The molecule has 4 rings (SSSR count). The maximum absolute atomic E-state index is 14.2. The number of Topliss-reactive ketones (excluding diaryl/α,β-unsaturated/α-hetero) is 1. The van der Waals surface area contributed by atoms with Crippen LogP contribution >= 0.6 is 0 Å². The van der Waals surface area contributed by atoms with Gasteiger partial charge in [0.05, 0.1) is 18.7 Å². The number of aromatic nitrogens is 2. The average Bonchev–Trinajstić information content (AvgIpc) is 3.04. The minimum absolute atomic E-state index is 0.000683. The zero-order chi connectivity index (χ0) is 22.0. The standard InChI is InChI=1S/C23H18FN3O4/c1-31-18-5-4-16(11-17(18)24)21(28)19-20(15-6-9-25-10-7-15)27(23(30)22(19)29)13-14-3-2-8-26-12-14/h2-12,20,28H,13H2,1H3/t20-/m0/s1. The molecule has 7 nitrogen and oxygen atoms in total. The molecule has 3 aromatic rings. The number of amides is 1. The number of ketones is 1. The molecule has 0 saturated carbocycles. The molecule has 31 heavy (non-hydrogen) atoms. The van der Waals surface area contributed by atoms with Crippen LogP contribution in [0.1, 0.15) is 22.7 Å². The second-order valence-corrected chi connectivity index (χ2v) is 6.92. The fourth-order valence-corrected chi connectivity index (χ4v) is 3.59. The Kier molecular flexibility index (Phi) is 5.44. The Balaban J connectivity index is 1.85. The van der Waals surface area contributed by atoms with E-state index in [-0.39, 0.29) is 23.4 Å². The number of benzene rings is 1. The van der Waals surface area contributed by atoms with Gasteiger partial charge < -0.3 is 14.7 Å². The summed E-state index contributed by atoms with van der Waals surface area (Å²) in [6.45, 7) is 0.110. The van der Waals surface area contributed by atoms with Crippen LogP contribution in [0.2, 0.25) is 0 Å². The van der Waals surface area contributed by atoms with Gasteiger partial charge in [-0.2, -0.15) is 0 Å². The number of carbonyl (C=O) groups excluding carboxylic acids is 2. The van der Waals surface area contributed by atoms with E-state index in [9.17, 15) is 19.1 Å². The average molecular weight is 419 g/mol. The topological polar surface area (TPSA) is 92.6 Å². The summed E-state index contributed by atoms with van der Waals surface area (Å²) in [5.41, 5.74) is 1.26. The summed E-state index contributed by atoms with van der Waals surface area (Å²) >= 11 is 0. The number of nitrogens with zero attached hydrogens (tertiary/aromatic N) is 3. The fourth-order valence-electron chi connectivity index (χ4n) is 3.59. The zero-order valence-corrected chi connectivity index (χ0v) is 16.5. The van der Waals surface area contributed by atoms with E-state index in [4.69, 9.17) is 4.74 Å². The highest BCUT2D eigenvalue weighted by atomic mass is 19.1. The molecule has 1 N–H and O–H groups in total. The quantitative estimate of drug-likeness (QED) is 0.388. The molecule has 1 fully saturated rings. The van der Waals surface area contributed by atoms with Crippen molar-refractivity contribution in [1.29, 1.82) is 0 Å². The first-order valence-corrected chi connectivity index (χ1v) is 9.42. The minimum Gasteiger partial charge on any atom is -0.507 e. The van der Waals surface area contributed by atoms with Crippen molar-refractivity contribution in [2.75, 3.05) is 7.11 Å². The third-order valence-electron chi connectivity index (χ3n) is 5.06. The molecule has 1 saturated heterocycles. The number of carbonyl (C=O) groups is 2. The molecule has 8 heteroatoms. The van der Waals surface area contributed by atoms with Crippen LogP contribution < -0.4 is 4.74 Å². The lowest BCUT2D eigenvalue weighted by Gasteiger charge is -2.25. The lowest BCUT2D eigenvalue weighted by molar-refractivity contribution is -0.140.